The van der Waals surface area contributed by atoms with Gasteiger partial charge in [0.1, 0.15) is 5.82 Å². The first-order valence-corrected chi connectivity index (χ1v) is 6.91. The average Bonchev–Trinajstić information content (AvgIpc) is 2.44. The Hall–Kier alpha value is -1.87. The molecule has 0 aliphatic heterocycles. The monoisotopic (exact) mass is 269 g/mol. The maximum atomic E-state index is 6.09. The van der Waals surface area contributed by atoms with Gasteiger partial charge in [-0.15, -0.1) is 0 Å². The number of likely N-dealkylation sites (N-methyl/N-ethyl adjacent to an activating group) is 1. The highest BCUT2D eigenvalue weighted by atomic mass is 14.9. The number of nitrogen functional groups attached to an aromatic ring is 1. The van der Waals surface area contributed by atoms with E-state index in [1.54, 1.807) is 6.20 Å². The normalized spacial score (nSPS) is 13.2. The molecule has 0 aliphatic rings. The minimum absolute atomic E-state index is 0.0837. The summed E-state index contributed by atoms with van der Waals surface area (Å²) in [4.78, 5) is 4.29. The van der Waals surface area contributed by atoms with E-state index in [2.05, 4.69) is 54.5 Å². The molecule has 2 aromatic rings. The zero-order valence-corrected chi connectivity index (χ0v) is 12.6. The van der Waals surface area contributed by atoms with E-state index in [4.69, 9.17) is 5.73 Å². The molecular formula is C17H23N3. The van der Waals surface area contributed by atoms with Crippen LogP contribution in [-0.2, 0) is 5.41 Å². The molecule has 3 nitrogen and oxygen atoms in total. The first-order valence-electron chi connectivity index (χ1n) is 6.91. The highest BCUT2D eigenvalue weighted by Crippen LogP contribution is 2.38. The van der Waals surface area contributed by atoms with Gasteiger partial charge >= 0.3 is 0 Å². The summed E-state index contributed by atoms with van der Waals surface area (Å²) in [6.45, 7) is 6.49. The van der Waals surface area contributed by atoms with Crippen molar-refractivity contribution < 1.29 is 0 Å². The van der Waals surface area contributed by atoms with Gasteiger partial charge in [-0.3, -0.25) is 0 Å². The van der Waals surface area contributed by atoms with E-state index in [1.807, 2.05) is 20.0 Å². The van der Waals surface area contributed by atoms with Crippen molar-refractivity contribution in [3.63, 3.8) is 0 Å². The molecule has 0 aliphatic carbocycles. The van der Waals surface area contributed by atoms with Crippen LogP contribution in [0.25, 0.3) is 0 Å². The molecule has 20 heavy (non-hydrogen) atoms. The van der Waals surface area contributed by atoms with Gasteiger partial charge in [-0.25, -0.2) is 4.98 Å². The van der Waals surface area contributed by atoms with Gasteiger partial charge in [-0.2, -0.15) is 0 Å². The van der Waals surface area contributed by atoms with Crippen LogP contribution >= 0.6 is 0 Å². The van der Waals surface area contributed by atoms with Gasteiger partial charge in [0.2, 0.25) is 0 Å². The lowest BCUT2D eigenvalue weighted by Crippen LogP contribution is -2.36. The number of rotatable bonds is 4. The summed E-state index contributed by atoms with van der Waals surface area (Å²) in [5.74, 6) is 0.596. The number of pyridine rings is 1. The summed E-state index contributed by atoms with van der Waals surface area (Å²) < 4.78 is 0. The first kappa shape index (κ1) is 14.5. The van der Waals surface area contributed by atoms with Gasteiger partial charge in [0.05, 0.1) is 0 Å². The summed E-state index contributed by atoms with van der Waals surface area (Å²) in [6, 6.07) is 12.7. The molecule has 106 valence electrons. The van der Waals surface area contributed by atoms with Crippen molar-refractivity contribution in [3.8, 4) is 0 Å². The molecule has 0 amide bonds. The fraction of sp³-hybridized carbons (Fsp3) is 0.353. The van der Waals surface area contributed by atoms with Crippen molar-refractivity contribution >= 4 is 5.82 Å². The quantitative estimate of drug-likeness (QED) is 0.896. The molecule has 1 aromatic carbocycles. The van der Waals surface area contributed by atoms with Crippen LogP contribution < -0.4 is 11.1 Å². The third kappa shape index (κ3) is 2.68. The van der Waals surface area contributed by atoms with Gasteiger partial charge in [0.25, 0.3) is 0 Å². The van der Waals surface area contributed by atoms with Gasteiger partial charge in [-0.1, -0.05) is 44.2 Å². The highest BCUT2D eigenvalue weighted by Gasteiger charge is 2.32. The van der Waals surface area contributed by atoms with Crippen LogP contribution in [0.3, 0.4) is 0 Å². The predicted molar refractivity (Wildman–Crippen MR) is 84.7 cm³/mol. The maximum absolute atomic E-state index is 6.09. The van der Waals surface area contributed by atoms with Crippen LogP contribution in [0, 0.1) is 6.92 Å². The second-order valence-electron chi connectivity index (χ2n) is 5.80. The Kier molecular flexibility index (Phi) is 4.09. The largest absolute Gasteiger partial charge is 0.383 e. The lowest BCUT2D eigenvalue weighted by molar-refractivity contribution is 0.369. The Morgan fingerprint density at radius 3 is 2.45 bits per heavy atom. The van der Waals surface area contributed by atoms with Crippen LogP contribution in [0.1, 0.15) is 36.6 Å². The number of aryl methyl sites for hydroxylation is 1. The second-order valence-corrected chi connectivity index (χ2v) is 5.80. The predicted octanol–water partition coefficient (Wildman–Crippen LogP) is 3.21. The van der Waals surface area contributed by atoms with E-state index >= 15 is 0 Å². The smallest absolute Gasteiger partial charge is 0.128 e. The molecule has 0 fully saturated rings. The first-order chi connectivity index (χ1) is 9.46. The summed E-state index contributed by atoms with van der Waals surface area (Å²) in [5.41, 5.74) is 9.46. The summed E-state index contributed by atoms with van der Waals surface area (Å²) in [5, 5.41) is 3.41. The van der Waals surface area contributed by atoms with Crippen LogP contribution in [0.5, 0.6) is 0 Å². The van der Waals surface area contributed by atoms with Crippen molar-refractivity contribution in [2.45, 2.75) is 32.2 Å². The standard InChI is InChI=1S/C17H23N3/c1-12-10-14(16(18)20-11-12)15(19-4)17(2,3)13-8-6-5-7-9-13/h5-11,15,19H,1-4H3,(H2,18,20). The number of anilines is 1. The van der Waals surface area contributed by atoms with Crippen molar-refractivity contribution in [2.75, 3.05) is 12.8 Å². The average molecular weight is 269 g/mol. The Labute approximate surface area is 121 Å². The number of nitrogens with two attached hydrogens (primary N) is 1. The van der Waals surface area contributed by atoms with Crippen LogP contribution in [0.15, 0.2) is 42.6 Å². The number of nitrogens with one attached hydrogen (secondary N) is 1. The Morgan fingerprint density at radius 2 is 1.85 bits per heavy atom. The van der Waals surface area contributed by atoms with Crippen LogP contribution in [0.2, 0.25) is 0 Å². The molecule has 0 radical (unpaired) electrons. The number of hydrogen-bond donors (Lipinski definition) is 2. The van der Waals surface area contributed by atoms with Gasteiger partial charge < -0.3 is 11.1 Å². The summed E-state index contributed by atoms with van der Waals surface area (Å²) in [6.07, 6.45) is 1.81. The second kappa shape index (κ2) is 5.63. The Bertz CT molecular complexity index is 576. The van der Waals surface area contributed by atoms with Gasteiger partial charge in [0.15, 0.2) is 0 Å². The lowest BCUT2D eigenvalue weighted by Gasteiger charge is -2.35. The zero-order valence-electron chi connectivity index (χ0n) is 12.6. The van der Waals surface area contributed by atoms with Crippen molar-refractivity contribution in [2.24, 2.45) is 0 Å². The molecule has 1 atom stereocenters. The number of hydrogen-bond acceptors (Lipinski definition) is 3. The molecule has 0 saturated carbocycles. The zero-order chi connectivity index (χ0) is 14.8. The lowest BCUT2D eigenvalue weighted by atomic mass is 9.75. The third-order valence-corrected chi connectivity index (χ3v) is 3.93. The topological polar surface area (TPSA) is 50.9 Å². The van der Waals surface area contributed by atoms with E-state index in [-0.39, 0.29) is 11.5 Å². The fourth-order valence-corrected chi connectivity index (χ4v) is 2.77. The molecule has 3 N–H and O–H groups in total. The SMILES string of the molecule is CNC(c1cc(C)cnc1N)C(C)(C)c1ccccc1. The van der Waals surface area contributed by atoms with Gasteiger partial charge in [0, 0.05) is 23.2 Å². The summed E-state index contributed by atoms with van der Waals surface area (Å²) >= 11 is 0. The van der Waals surface area contributed by atoms with E-state index in [9.17, 15) is 0 Å². The van der Waals surface area contributed by atoms with E-state index in [1.165, 1.54) is 5.56 Å². The number of nitrogens with zero attached hydrogens (tertiary/aromatic N) is 1. The van der Waals surface area contributed by atoms with E-state index in [0.29, 0.717) is 5.82 Å². The van der Waals surface area contributed by atoms with Crippen LogP contribution in [0.4, 0.5) is 5.82 Å². The highest BCUT2D eigenvalue weighted by molar-refractivity contribution is 5.46. The molecule has 0 saturated heterocycles. The molecule has 0 bridgehead atoms. The molecule has 1 heterocycles. The van der Waals surface area contributed by atoms with E-state index in [0.717, 1.165) is 11.1 Å². The Morgan fingerprint density at radius 1 is 1.20 bits per heavy atom. The third-order valence-electron chi connectivity index (χ3n) is 3.93. The van der Waals surface area contributed by atoms with Crippen molar-refractivity contribution in [1.82, 2.24) is 10.3 Å². The minimum atomic E-state index is -0.0837. The van der Waals surface area contributed by atoms with E-state index < -0.39 is 0 Å². The van der Waals surface area contributed by atoms with Crippen LogP contribution in [-0.4, -0.2) is 12.0 Å². The molecule has 2 rings (SSSR count). The van der Waals surface area contributed by atoms with Gasteiger partial charge in [-0.05, 0) is 31.2 Å². The number of benzene rings is 1. The van der Waals surface area contributed by atoms with Crippen molar-refractivity contribution in [3.05, 3.63) is 59.3 Å². The number of aromatic nitrogens is 1. The maximum Gasteiger partial charge on any atom is 0.128 e. The minimum Gasteiger partial charge on any atom is -0.383 e. The summed E-state index contributed by atoms with van der Waals surface area (Å²) in [7, 11) is 1.97. The fourth-order valence-electron chi connectivity index (χ4n) is 2.77. The molecular weight excluding hydrogens is 246 g/mol. The molecule has 1 aromatic heterocycles. The molecule has 0 spiro atoms. The molecule has 1 unspecified atom stereocenters. The Balaban J connectivity index is 2.49. The van der Waals surface area contributed by atoms with Crippen molar-refractivity contribution in [1.29, 1.82) is 0 Å². The molecule has 3 heteroatoms.